The van der Waals surface area contributed by atoms with Crippen molar-refractivity contribution in [2.75, 3.05) is 0 Å². The monoisotopic (exact) mass is 268 g/mol. The molecule has 4 rings (SSSR count). The summed E-state index contributed by atoms with van der Waals surface area (Å²) in [6.07, 6.45) is 1.94. The Kier molecular flexibility index (Phi) is 2.30. The zero-order chi connectivity index (χ0) is 13.0. The van der Waals surface area contributed by atoms with Crippen LogP contribution in [-0.2, 0) is 0 Å². The third-order valence-corrected chi connectivity index (χ3v) is 4.67. The molecule has 0 radical (unpaired) electrons. The van der Waals surface area contributed by atoms with Gasteiger partial charge in [-0.3, -0.25) is 0 Å². The van der Waals surface area contributed by atoms with Crippen LogP contribution in [0.15, 0.2) is 41.8 Å². The quantitative estimate of drug-likeness (QED) is 0.655. The van der Waals surface area contributed by atoms with Crippen molar-refractivity contribution in [3.8, 4) is 0 Å². The maximum atomic E-state index is 10.1. The second-order valence-corrected chi connectivity index (χ2v) is 5.81. The van der Waals surface area contributed by atoms with Crippen molar-refractivity contribution in [3.63, 3.8) is 0 Å². The first-order chi connectivity index (χ1) is 9.25. The number of fused-ring (bicyclic) bond motifs is 5. The number of hydrogen-bond acceptors (Lipinski definition) is 3. The minimum Gasteiger partial charge on any atom is -0.386 e. The molecule has 2 N–H and O–H groups in total. The van der Waals surface area contributed by atoms with E-state index in [1.54, 1.807) is 17.4 Å². The van der Waals surface area contributed by atoms with E-state index >= 15 is 0 Å². The van der Waals surface area contributed by atoms with Crippen LogP contribution in [0.4, 0.5) is 0 Å². The Labute approximate surface area is 114 Å². The summed E-state index contributed by atoms with van der Waals surface area (Å²) in [6, 6.07) is 10.3. The van der Waals surface area contributed by atoms with Gasteiger partial charge in [0.05, 0.1) is 0 Å². The highest BCUT2D eigenvalue weighted by atomic mass is 32.1. The fraction of sp³-hybridized carbons (Fsp3) is 0.125. The maximum Gasteiger partial charge on any atom is 0.109 e. The third-order valence-electron chi connectivity index (χ3n) is 3.79. The largest absolute Gasteiger partial charge is 0.386 e. The van der Waals surface area contributed by atoms with Gasteiger partial charge in [-0.2, -0.15) is 0 Å². The van der Waals surface area contributed by atoms with E-state index in [-0.39, 0.29) is 0 Å². The van der Waals surface area contributed by atoms with Gasteiger partial charge in [-0.15, -0.1) is 11.3 Å². The Hall–Kier alpha value is -1.68. The lowest BCUT2D eigenvalue weighted by Crippen LogP contribution is -2.19. The van der Waals surface area contributed by atoms with E-state index in [2.05, 4.69) is 23.6 Å². The molecule has 2 atom stereocenters. The Balaban J connectivity index is 2.19. The first kappa shape index (κ1) is 11.2. The lowest BCUT2D eigenvalue weighted by atomic mass is 9.88. The molecule has 0 aliphatic heterocycles. The summed E-state index contributed by atoms with van der Waals surface area (Å²) in [6.45, 7) is 0. The zero-order valence-corrected chi connectivity index (χ0v) is 10.9. The van der Waals surface area contributed by atoms with Gasteiger partial charge in [0, 0.05) is 10.1 Å². The van der Waals surface area contributed by atoms with Gasteiger partial charge in [0.15, 0.2) is 0 Å². The van der Waals surface area contributed by atoms with Gasteiger partial charge < -0.3 is 10.2 Å². The van der Waals surface area contributed by atoms with Crippen LogP contribution in [0, 0.1) is 0 Å². The van der Waals surface area contributed by atoms with Crippen molar-refractivity contribution >= 4 is 38.3 Å². The van der Waals surface area contributed by atoms with Crippen LogP contribution in [0.2, 0.25) is 0 Å². The summed E-state index contributed by atoms with van der Waals surface area (Å²) < 4.78 is 1.25. The summed E-state index contributed by atoms with van der Waals surface area (Å²) in [5.41, 5.74) is 1.83. The maximum absolute atomic E-state index is 10.1. The Bertz CT molecular complexity index is 816. The molecular weight excluding hydrogens is 256 g/mol. The van der Waals surface area contributed by atoms with E-state index in [4.69, 9.17) is 0 Å². The summed E-state index contributed by atoms with van der Waals surface area (Å²) >= 11 is 1.72. The average Bonchev–Trinajstić information content (AvgIpc) is 2.90. The van der Waals surface area contributed by atoms with E-state index < -0.39 is 12.2 Å². The lowest BCUT2D eigenvalue weighted by Gasteiger charge is -2.23. The Morgan fingerprint density at radius 2 is 1.84 bits per heavy atom. The summed E-state index contributed by atoms with van der Waals surface area (Å²) in [5.74, 6) is 0. The van der Waals surface area contributed by atoms with Gasteiger partial charge >= 0.3 is 0 Å². The number of aliphatic hydroxyl groups excluding tert-OH is 2. The molecule has 1 aromatic heterocycles. The molecule has 1 aliphatic carbocycles. The zero-order valence-electron chi connectivity index (χ0n) is 10.1. The minimum atomic E-state index is -0.835. The molecule has 0 saturated carbocycles. The fourth-order valence-corrected chi connectivity index (χ4v) is 3.63. The topological polar surface area (TPSA) is 40.5 Å². The van der Waals surface area contributed by atoms with Crippen LogP contribution in [0.1, 0.15) is 17.2 Å². The van der Waals surface area contributed by atoms with Gasteiger partial charge in [0.2, 0.25) is 0 Å². The van der Waals surface area contributed by atoms with Gasteiger partial charge in [-0.05, 0) is 39.4 Å². The number of rotatable bonds is 0. The van der Waals surface area contributed by atoms with E-state index in [0.29, 0.717) is 0 Å². The first-order valence-electron chi connectivity index (χ1n) is 6.23. The van der Waals surface area contributed by atoms with Gasteiger partial charge in [-0.25, -0.2) is 0 Å². The van der Waals surface area contributed by atoms with Crippen molar-refractivity contribution in [2.45, 2.75) is 12.2 Å². The molecule has 2 nitrogen and oxygen atoms in total. The standard InChI is InChI=1S/C16H12O2S/c17-13-5-4-10-11(16(13)18)3-1-9-2-6-14-12(15(9)10)7-8-19-14/h1-8,13,16-18H/t13-,16-/m1/s1. The van der Waals surface area contributed by atoms with Crippen molar-refractivity contribution < 1.29 is 10.2 Å². The van der Waals surface area contributed by atoms with Crippen LogP contribution in [0.3, 0.4) is 0 Å². The second kappa shape index (κ2) is 3.90. The van der Waals surface area contributed by atoms with Gasteiger partial charge in [-0.1, -0.05) is 30.4 Å². The van der Waals surface area contributed by atoms with Crippen molar-refractivity contribution in [3.05, 3.63) is 52.9 Å². The lowest BCUT2D eigenvalue weighted by molar-refractivity contribution is 0.0471. The molecule has 2 aromatic carbocycles. The predicted molar refractivity (Wildman–Crippen MR) is 79.3 cm³/mol. The smallest absolute Gasteiger partial charge is 0.109 e. The number of hydrogen-bond donors (Lipinski definition) is 2. The summed E-state index contributed by atoms with van der Waals surface area (Å²) in [4.78, 5) is 0. The van der Waals surface area contributed by atoms with Crippen LogP contribution < -0.4 is 0 Å². The third kappa shape index (κ3) is 1.49. The van der Waals surface area contributed by atoms with Crippen LogP contribution in [0.25, 0.3) is 26.9 Å². The molecule has 3 heteroatoms. The Morgan fingerprint density at radius 3 is 2.74 bits per heavy atom. The Morgan fingerprint density at radius 1 is 1.00 bits per heavy atom. The van der Waals surface area contributed by atoms with Gasteiger partial charge in [0.1, 0.15) is 12.2 Å². The van der Waals surface area contributed by atoms with E-state index in [1.807, 2.05) is 18.2 Å². The first-order valence-corrected chi connectivity index (χ1v) is 7.11. The molecule has 0 spiro atoms. The van der Waals surface area contributed by atoms with Gasteiger partial charge in [0.25, 0.3) is 0 Å². The predicted octanol–water partition coefficient (Wildman–Crippen LogP) is 3.48. The van der Waals surface area contributed by atoms with Crippen LogP contribution >= 0.6 is 11.3 Å². The highest BCUT2D eigenvalue weighted by molar-refractivity contribution is 7.17. The highest BCUT2D eigenvalue weighted by Gasteiger charge is 2.24. The molecule has 1 heterocycles. The molecule has 19 heavy (non-hydrogen) atoms. The van der Waals surface area contributed by atoms with E-state index in [0.717, 1.165) is 16.5 Å². The normalized spacial score (nSPS) is 22.0. The number of aliphatic hydroxyl groups is 2. The van der Waals surface area contributed by atoms with Crippen molar-refractivity contribution in [1.29, 1.82) is 0 Å². The molecule has 1 aliphatic rings. The highest BCUT2D eigenvalue weighted by Crippen LogP contribution is 2.38. The van der Waals surface area contributed by atoms with Crippen LogP contribution in [-0.4, -0.2) is 16.3 Å². The molecule has 0 amide bonds. The molecule has 0 bridgehead atoms. The van der Waals surface area contributed by atoms with Crippen molar-refractivity contribution in [2.24, 2.45) is 0 Å². The molecular formula is C16H12O2S. The van der Waals surface area contributed by atoms with E-state index in [1.165, 1.54) is 15.5 Å². The second-order valence-electron chi connectivity index (χ2n) is 4.86. The molecule has 94 valence electrons. The fourth-order valence-electron chi connectivity index (χ4n) is 2.84. The molecule has 3 aromatic rings. The SMILES string of the molecule is O[C@@H]1C=Cc2c(ccc3ccc4sccc4c23)[C@H]1O. The summed E-state index contributed by atoms with van der Waals surface area (Å²) in [7, 11) is 0. The minimum absolute atomic E-state index is 0.807. The molecule has 0 unspecified atom stereocenters. The average molecular weight is 268 g/mol. The van der Waals surface area contributed by atoms with E-state index in [9.17, 15) is 10.2 Å². The number of benzene rings is 2. The summed E-state index contributed by atoms with van der Waals surface area (Å²) in [5, 5.41) is 25.5. The number of thiophene rings is 1. The van der Waals surface area contributed by atoms with Crippen molar-refractivity contribution in [1.82, 2.24) is 0 Å². The molecule has 0 fully saturated rings. The molecule has 0 saturated heterocycles. The van der Waals surface area contributed by atoms with Crippen LogP contribution in [0.5, 0.6) is 0 Å².